The van der Waals surface area contributed by atoms with Crippen LogP contribution in [0.5, 0.6) is 0 Å². The third-order valence-corrected chi connectivity index (χ3v) is 4.98. The second-order valence-corrected chi connectivity index (χ2v) is 7.82. The molecule has 0 fully saturated rings. The number of benzene rings is 1. The van der Waals surface area contributed by atoms with Crippen LogP contribution in [0, 0.1) is 5.92 Å². The zero-order chi connectivity index (χ0) is 21.8. The first-order chi connectivity index (χ1) is 14.3. The zero-order valence-corrected chi connectivity index (χ0v) is 17.9. The molecule has 1 aromatic carbocycles. The van der Waals surface area contributed by atoms with Crippen LogP contribution in [0.3, 0.4) is 0 Å². The molecule has 30 heavy (non-hydrogen) atoms. The van der Waals surface area contributed by atoms with E-state index in [0.29, 0.717) is 35.4 Å². The Hall–Kier alpha value is -3.00. The number of nitrogens with zero attached hydrogens (tertiary/aromatic N) is 4. The van der Waals surface area contributed by atoms with Crippen molar-refractivity contribution in [3.8, 4) is 11.4 Å². The summed E-state index contributed by atoms with van der Waals surface area (Å²) in [6, 6.07) is 6.96. The highest BCUT2D eigenvalue weighted by Crippen LogP contribution is 2.19. The van der Waals surface area contributed by atoms with Crippen molar-refractivity contribution in [1.29, 1.82) is 0 Å². The Morgan fingerprint density at radius 2 is 1.87 bits per heavy atom. The average molecular weight is 430 g/mol. The maximum Gasteiger partial charge on any atom is 0.333 e. The number of nitrogens with one attached hydrogen (secondary N) is 1. The normalized spacial score (nSPS) is 11.2. The Labute approximate surface area is 178 Å². The summed E-state index contributed by atoms with van der Waals surface area (Å²) in [5.74, 6) is 0.442. The monoisotopic (exact) mass is 429 g/mol. The molecule has 0 unspecified atom stereocenters. The van der Waals surface area contributed by atoms with Crippen molar-refractivity contribution in [2.24, 2.45) is 5.92 Å². The smallest absolute Gasteiger partial charge is 0.333 e. The lowest BCUT2D eigenvalue weighted by molar-refractivity contribution is -0.121. The molecule has 0 radical (unpaired) electrons. The summed E-state index contributed by atoms with van der Waals surface area (Å²) < 4.78 is 2.31. The summed E-state index contributed by atoms with van der Waals surface area (Å²) in [7, 11) is 0. The third kappa shape index (κ3) is 4.59. The number of hydrogen-bond donors (Lipinski definition) is 1. The average Bonchev–Trinajstić information content (AvgIpc) is 2.71. The molecular formula is C21H24ClN5O3. The molecule has 8 nitrogen and oxygen atoms in total. The number of carbonyl (C=O) groups excluding carboxylic acids is 1. The van der Waals surface area contributed by atoms with E-state index in [-0.39, 0.29) is 23.5 Å². The summed E-state index contributed by atoms with van der Waals surface area (Å²) in [6.45, 7) is 6.33. The lowest BCUT2D eigenvalue weighted by Gasteiger charge is -2.13. The number of fused-ring (bicyclic) bond motifs is 1. The van der Waals surface area contributed by atoms with Crippen molar-refractivity contribution in [1.82, 2.24) is 24.4 Å². The molecule has 3 aromatic rings. The molecular weight excluding hydrogens is 406 g/mol. The number of aromatic nitrogens is 4. The topological polar surface area (TPSA) is 98.9 Å². The molecule has 158 valence electrons. The van der Waals surface area contributed by atoms with Gasteiger partial charge in [0, 0.05) is 29.9 Å². The Kier molecular flexibility index (Phi) is 6.66. The van der Waals surface area contributed by atoms with Crippen LogP contribution < -0.4 is 16.6 Å². The van der Waals surface area contributed by atoms with Gasteiger partial charge in [-0.25, -0.2) is 14.8 Å². The zero-order valence-electron chi connectivity index (χ0n) is 17.2. The minimum Gasteiger partial charge on any atom is -0.355 e. The first-order valence-electron chi connectivity index (χ1n) is 9.84. The largest absolute Gasteiger partial charge is 0.355 e. The number of carbonyl (C=O) groups is 1. The van der Waals surface area contributed by atoms with Crippen LogP contribution in [-0.2, 0) is 17.9 Å². The van der Waals surface area contributed by atoms with E-state index < -0.39 is 11.2 Å². The van der Waals surface area contributed by atoms with Crippen LogP contribution in [0.25, 0.3) is 22.4 Å². The van der Waals surface area contributed by atoms with Gasteiger partial charge in [0.2, 0.25) is 5.91 Å². The van der Waals surface area contributed by atoms with E-state index in [9.17, 15) is 14.4 Å². The fourth-order valence-corrected chi connectivity index (χ4v) is 3.19. The Balaban J connectivity index is 2.02. The van der Waals surface area contributed by atoms with Crippen molar-refractivity contribution in [2.75, 3.05) is 6.54 Å². The van der Waals surface area contributed by atoms with E-state index in [1.165, 1.54) is 10.8 Å². The molecule has 0 aliphatic carbocycles. The highest BCUT2D eigenvalue weighted by Gasteiger charge is 2.17. The molecule has 0 aliphatic rings. The van der Waals surface area contributed by atoms with Crippen molar-refractivity contribution in [2.45, 2.75) is 40.3 Å². The lowest BCUT2D eigenvalue weighted by atomic mass is 10.1. The summed E-state index contributed by atoms with van der Waals surface area (Å²) in [5.41, 5.74) is -0.204. The third-order valence-electron chi connectivity index (χ3n) is 4.73. The maximum atomic E-state index is 12.9. The SMILES string of the molecule is CCn1c(=O)n(CC(=O)NCCC(C)C)c(=O)c2cnc(-c3ccc(Cl)cc3)nc21. The molecule has 0 spiro atoms. The minimum atomic E-state index is -0.582. The number of halogens is 1. The van der Waals surface area contributed by atoms with Crippen molar-refractivity contribution >= 4 is 28.5 Å². The summed E-state index contributed by atoms with van der Waals surface area (Å²) in [5, 5.41) is 3.52. The van der Waals surface area contributed by atoms with E-state index in [0.717, 1.165) is 11.0 Å². The number of amides is 1. The van der Waals surface area contributed by atoms with Crippen LogP contribution in [0.1, 0.15) is 27.2 Å². The maximum absolute atomic E-state index is 12.9. The first kappa shape index (κ1) is 21.7. The number of rotatable bonds is 7. The van der Waals surface area contributed by atoms with Crippen LogP contribution in [0.2, 0.25) is 5.02 Å². The van der Waals surface area contributed by atoms with E-state index in [2.05, 4.69) is 29.1 Å². The van der Waals surface area contributed by atoms with Gasteiger partial charge in [-0.15, -0.1) is 0 Å². The van der Waals surface area contributed by atoms with E-state index >= 15 is 0 Å². The first-order valence-corrected chi connectivity index (χ1v) is 10.2. The minimum absolute atomic E-state index is 0.184. The second-order valence-electron chi connectivity index (χ2n) is 7.39. The number of aryl methyl sites for hydroxylation is 1. The van der Waals surface area contributed by atoms with Gasteiger partial charge >= 0.3 is 5.69 Å². The number of hydrogen-bond acceptors (Lipinski definition) is 5. The van der Waals surface area contributed by atoms with Gasteiger partial charge in [0.05, 0.1) is 0 Å². The van der Waals surface area contributed by atoms with E-state index in [1.54, 1.807) is 31.2 Å². The Morgan fingerprint density at radius 3 is 2.50 bits per heavy atom. The fourth-order valence-electron chi connectivity index (χ4n) is 3.06. The van der Waals surface area contributed by atoms with Gasteiger partial charge in [0.1, 0.15) is 11.9 Å². The molecule has 0 saturated carbocycles. The Morgan fingerprint density at radius 1 is 1.17 bits per heavy atom. The van der Waals surface area contributed by atoms with Gasteiger partial charge in [-0.1, -0.05) is 25.4 Å². The standard InChI is InChI=1S/C21H24ClN5O3/c1-4-26-19-16(11-24-18(25-19)14-5-7-15(22)8-6-14)20(29)27(21(26)30)12-17(28)23-10-9-13(2)3/h5-8,11,13H,4,9-10,12H2,1-3H3,(H,23,28). The molecule has 0 bridgehead atoms. The van der Waals surface area contributed by atoms with E-state index in [1.807, 2.05) is 0 Å². The summed E-state index contributed by atoms with van der Waals surface area (Å²) in [4.78, 5) is 46.8. The van der Waals surface area contributed by atoms with Crippen LogP contribution in [0.4, 0.5) is 0 Å². The van der Waals surface area contributed by atoms with Crippen molar-refractivity contribution in [3.05, 3.63) is 56.3 Å². The van der Waals surface area contributed by atoms with Gasteiger partial charge in [0.15, 0.2) is 11.5 Å². The van der Waals surface area contributed by atoms with Crippen molar-refractivity contribution < 1.29 is 4.79 Å². The Bertz CT molecular complexity index is 1180. The van der Waals surface area contributed by atoms with Gasteiger partial charge in [-0.3, -0.25) is 18.7 Å². The molecule has 0 saturated heterocycles. The van der Waals surface area contributed by atoms with Gasteiger partial charge in [0.25, 0.3) is 5.56 Å². The highest BCUT2D eigenvalue weighted by atomic mass is 35.5. The predicted octanol–water partition coefficient (Wildman–Crippen LogP) is 2.46. The summed E-state index contributed by atoms with van der Waals surface area (Å²) >= 11 is 5.93. The predicted molar refractivity (Wildman–Crippen MR) is 117 cm³/mol. The quantitative estimate of drug-likeness (QED) is 0.622. The van der Waals surface area contributed by atoms with Crippen LogP contribution in [0.15, 0.2) is 40.1 Å². The molecule has 2 aromatic heterocycles. The van der Waals surface area contributed by atoms with Crippen LogP contribution in [-0.4, -0.2) is 31.6 Å². The molecule has 1 amide bonds. The molecule has 0 atom stereocenters. The van der Waals surface area contributed by atoms with Gasteiger partial charge in [-0.05, 0) is 43.5 Å². The van der Waals surface area contributed by atoms with Gasteiger partial charge < -0.3 is 5.32 Å². The molecule has 1 N–H and O–H groups in total. The second kappa shape index (κ2) is 9.21. The highest BCUT2D eigenvalue weighted by molar-refractivity contribution is 6.30. The fraction of sp³-hybridized carbons (Fsp3) is 0.381. The van der Waals surface area contributed by atoms with Crippen molar-refractivity contribution in [3.63, 3.8) is 0 Å². The van der Waals surface area contributed by atoms with Crippen LogP contribution >= 0.6 is 11.6 Å². The lowest BCUT2D eigenvalue weighted by Crippen LogP contribution is -2.44. The molecule has 0 aliphatic heterocycles. The molecule has 9 heteroatoms. The molecule has 3 rings (SSSR count). The molecule has 2 heterocycles. The summed E-state index contributed by atoms with van der Waals surface area (Å²) in [6.07, 6.45) is 2.21. The van der Waals surface area contributed by atoms with Gasteiger partial charge in [-0.2, -0.15) is 0 Å². The van der Waals surface area contributed by atoms with E-state index in [4.69, 9.17) is 11.6 Å².